The fourth-order valence-electron chi connectivity index (χ4n) is 4.40. The number of ether oxygens (including phenoxy) is 2. The van der Waals surface area contributed by atoms with E-state index in [0.29, 0.717) is 22.8 Å². The molecular weight excluding hydrogens is 409 g/mol. The molecule has 0 bridgehead atoms. The summed E-state index contributed by atoms with van der Waals surface area (Å²) < 4.78 is 24.4. The van der Waals surface area contributed by atoms with Gasteiger partial charge in [0, 0.05) is 11.6 Å². The number of hydrogen-bond donors (Lipinski definition) is 1. The zero-order valence-electron chi connectivity index (χ0n) is 18.2. The predicted molar refractivity (Wildman–Crippen MR) is 120 cm³/mol. The molecule has 1 saturated carbocycles. The van der Waals surface area contributed by atoms with Crippen LogP contribution in [0.2, 0.25) is 0 Å². The summed E-state index contributed by atoms with van der Waals surface area (Å²) in [5.41, 5.74) is 1.30. The maximum atomic E-state index is 13.8. The Labute approximate surface area is 186 Å². The van der Waals surface area contributed by atoms with E-state index in [-0.39, 0.29) is 5.91 Å². The molecule has 7 heteroatoms. The molecule has 3 aromatic rings. The zero-order chi connectivity index (χ0) is 22.6. The summed E-state index contributed by atoms with van der Waals surface area (Å²) in [7, 11) is 3.14. The molecule has 0 aliphatic heterocycles. The Morgan fingerprint density at radius 2 is 1.72 bits per heavy atom. The number of amides is 1. The van der Waals surface area contributed by atoms with Gasteiger partial charge in [-0.15, -0.1) is 0 Å². The minimum atomic E-state index is -0.633. The van der Waals surface area contributed by atoms with Crippen LogP contribution in [-0.4, -0.2) is 30.1 Å². The molecule has 1 aliphatic rings. The molecule has 1 N–H and O–H groups in total. The minimum absolute atomic E-state index is 0.0989. The average Bonchev–Trinajstić information content (AvgIpc) is 2.84. The van der Waals surface area contributed by atoms with Crippen molar-refractivity contribution in [2.75, 3.05) is 19.5 Å². The second kappa shape index (κ2) is 9.34. The van der Waals surface area contributed by atoms with E-state index in [0.717, 1.165) is 43.4 Å². The number of halogens is 1. The van der Waals surface area contributed by atoms with Gasteiger partial charge >= 0.3 is 0 Å². The molecule has 2 aromatic carbocycles. The van der Waals surface area contributed by atoms with Gasteiger partial charge in [-0.3, -0.25) is 4.79 Å². The van der Waals surface area contributed by atoms with Gasteiger partial charge in [0.1, 0.15) is 29.5 Å². The van der Waals surface area contributed by atoms with Crippen LogP contribution in [0, 0.1) is 5.82 Å². The van der Waals surface area contributed by atoms with E-state index in [1.807, 2.05) is 24.3 Å². The molecule has 0 saturated heterocycles. The maximum Gasteiger partial charge on any atom is 0.236 e. The van der Waals surface area contributed by atoms with Crippen LogP contribution in [0.25, 0.3) is 11.3 Å². The second-order valence-electron chi connectivity index (χ2n) is 7.96. The van der Waals surface area contributed by atoms with Crippen molar-refractivity contribution in [3.05, 3.63) is 66.2 Å². The van der Waals surface area contributed by atoms with Gasteiger partial charge in [0.2, 0.25) is 5.91 Å². The van der Waals surface area contributed by atoms with Crippen molar-refractivity contribution >= 4 is 11.7 Å². The number of rotatable bonds is 6. The molecule has 166 valence electrons. The number of aromatic nitrogens is 2. The Hall–Kier alpha value is -3.48. The standard InChI is InChI=1S/C25H26FN3O3/c1-31-19-9-6-17(7-10-19)25(12-4-3-5-13-25)24(30)29-23-15-21(27-16-28-23)20-14-18(26)8-11-22(20)32-2/h6-11,14-16H,3-5,12-13H2,1-2H3,(H,27,28,29,30). The van der Waals surface area contributed by atoms with E-state index < -0.39 is 11.2 Å². The highest BCUT2D eigenvalue weighted by atomic mass is 19.1. The largest absolute Gasteiger partial charge is 0.497 e. The number of carbonyl (C=O) groups excluding carboxylic acids is 1. The first-order valence-corrected chi connectivity index (χ1v) is 10.7. The Morgan fingerprint density at radius 1 is 0.969 bits per heavy atom. The highest BCUT2D eigenvalue weighted by molar-refractivity contribution is 5.99. The molecule has 1 fully saturated rings. The third-order valence-electron chi connectivity index (χ3n) is 6.13. The van der Waals surface area contributed by atoms with Crippen LogP contribution in [0.4, 0.5) is 10.2 Å². The average molecular weight is 435 g/mol. The first-order valence-electron chi connectivity index (χ1n) is 10.7. The van der Waals surface area contributed by atoms with Gasteiger partial charge in [-0.25, -0.2) is 14.4 Å². The van der Waals surface area contributed by atoms with Crippen molar-refractivity contribution in [3.8, 4) is 22.8 Å². The summed E-state index contributed by atoms with van der Waals surface area (Å²) >= 11 is 0. The van der Waals surface area contributed by atoms with Crippen LogP contribution in [0.3, 0.4) is 0 Å². The van der Waals surface area contributed by atoms with Crippen LogP contribution in [0.1, 0.15) is 37.7 Å². The highest BCUT2D eigenvalue weighted by Gasteiger charge is 2.41. The van der Waals surface area contributed by atoms with Crippen LogP contribution >= 0.6 is 0 Å². The van der Waals surface area contributed by atoms with Gasteiger partial charge in [0.05, 0.1) is 25.3 Å². The number of methoxy groups -OCH3 is 2. The number of nitrogens with zero attached hydrogens (tertiary/aromatic N) is 2. The lowest BCUT2D eigenvalue weighted by Crippen LogP contribution is -2.42. The summed E-state index contributed by atoms with van der Waals surface area (Å²) in [5, 5.41) is 2.99. The van der Waals surface area contributed by atoms with Crippen LogP contribution in [-0.2, 0) is 10.2 Å². The number of benzene rings is 2. The Kier molecular flexibility index (Phi) is 6.35. The first kappa shape index (κ1) is 21.7. The molecule has 0 atom stereocenters. The quantitative estimate of drug-likeness (QED) is 0.580. The summed E-state index contributed by atoms with van der Waals surface area (Å²) in [6, 6.07) is 13.6. The molecule has 32 heavy (non-hydrogen) atoms. The number of carbonyl (C=O) groups is 1. The van der Waals surface area contributed by atoms with Crippen molar-refractivity contribution in [3.63, 3.8) is 0 Å². The second-order valence-corrected chi connectivity index (χ2v) is 7.96. The van der Waals surface area contributed by atoms with E-state index in [1.165, 1.54) is 25.6 Å². The van der Waals surface area contributed by atoms with Gasteiger partial charge in [0.15, 0.2) is 0 Å². The smallest absolute Gasteiger partial charge is 0.236 e. The van der Waals surface area contributed by atoms with Crippen LogP contribution in [0.15, 0.2) is 54.9 Å². The monoisotopic (exact) mass is 435 g/mol. The molecule has 6 nitrogen and oxygen atoms in total. The number of nitrogens with one attached hydrogen (secondary N) is 1. The topological polar surface area (TPSA) is 73.3 Å². The van der Waals surface area contributed by atoms with Crippen molar-refractivity contribution in [1.29, 1.82) is 0 Å². The highest BCUT2D eigenvalue weighted by Crippen LogP contribution is 2.41. The van der Waals surface area contributed by atoms with E-state index in [2.05, 4.69) is 15.3 Å². The summed E-state index contributed by atoms with van der Waals surface area (Å²) in [6.45, 7) is 0. The lowest BCUT2D eigenvalue weighted by molar-refractivity contribution is -0.122. The zero-order valence-corrected chi connectivity index (χ0v) is 18.2. The van der Waals surface area contributed by atoms with Gasteiger partial charge in [-0.2, -0.15) is 0 Å². The lowest BCUT2D eigenvalue weighted by Gasteiger charge is -2.36. The maximum absolute atomic E-state index is 13.8. The molecule has 1 aliphatic carbocycles. The molecule has 0 radical (unpaired) electrons. The van der Waals surface area contributed by atoms with Crippen molar-refractivity contribution in [2.45, 2.75) is 37.5 Å². The first-order chi connectivity index (χ1) is 15.6. The third-order valence-corrected chi connectivity index (χ3v) is 6.13. The summed E-state index contributed by atoms with van der Waals surface area (Å²) in [4.78, 5) is 22.1. The predicted octanol–water partition coefficient (Wildman–Crippen LogP) is 5.14. The Morgan fingerprint density at radius 3 is 2.41 bits per heavy atom. The van der Waals surface area contributed by atoms with Crippen LogP contribution in [0.5, 0.6) is 11.5 Å². The normalized spacial score (nSPS) is 15.1. The van der Waals surface area contributed by atoms with Gasteiger partial charge in [-0.05, 0) is 48.7 Å². The molecule has 0 unspecified atom stereocenters. The molecule has 1 amide bonds. The number of anilines is 1. The van der Waals surface area contributed by atoms with Crippen molar-refractivity contribution in [2.24, 2.45) is 0 Å². The summed E-state index contributed by atoms with van der Waals surface area (Å²) in [6.07, 6.45) is 5.96. The summed E-state index contributed by atoms with van der Waals surface area (Å²) in [5.74, 6) is 1.11. The fraction of sp³-hybridized carbons (Fsp3) is 0.320. The fourth-order valence-corrected chi connectivity index (χ4v) is 4.40. The third kappa shape index (κ3) is 4.28. The molecule has 1 aromatic heterocycles. The van der Waals surface area contributed by atoms with Gasteiger partial charge in [0.25, 0.3) is 0 Å². The Bertz CT molecular complexity index is 1100. The van der Waals surface area contributed by atoms with Crippen molar-refractivity contribution in [1.82, 2.24) is 9.97 Å². The Balaban J connectivity index is 1.64. The van der Waals surface area contributed by atoms with E-state index in [1.54, 1.807) is 19.2 Å². The van der Waals surface area contributed by atoms with Gasteiger partial charge < -0.3 is 14.8 Å². The van der Waals surface area contributed by atoms with E-state index in [9.17, 15) is 9.18 Å². The molecule has 4 rings (SSSR count). The number of hydrogen-bond acceptors (Lipinski definition) is 5. The molecule has 1 heterocycles. The van der Waals surface area contributed by atoms with Crippen molar-refractivity contribution < 1.29 is 18.7 Å². The van der Waals surface area contributed by atoms with Gasteiger partial charge in [-0.1, -0.05) is 31.4 Å². The van der Waals surface area contributed by atoms with E-state index >= 15 is 0 Å². The molecular formula is C25H26FN3O3. The molecule has 0 spiro atoms. The van der Waals surface area contributed by atoms with Crippen LogP contribution < -0.4 is 14.8 Å². The SMILES string of the molecule is COc1ccc(C2(C(=O)Nc3cc(-c4cc(F)ccc4OC)ncn3)CCCCC2)cc1. The van der Waals surface area contributed by atoms with E-state index in [4.69, 9.17) is 9.47 Å². The minimum Gasteiger partial charge on any atom is -0.497 e. The lowest BCUT2D eigenvalue weighted by atomic mass is 9.68.